The van der Waals surface area contributed by atoms with E-state index in [2.05, 4.69) is 10.3 Å². The number of carbonyl (C=O) groups excluding carboxylic acids is 2. The van der Waals surface area contributed by atoms with Crippen LogP contribution in [-0.2, 0) is 9.59 Å². The van der Waals surface area contributed by atoms with Crippen LogP contribution in [0.4, 0.5) is 0 Å². The Hall–Kier alpha value is -2.70. The van der Waals surface area contributed by atoms with Crippen LogP contribution in [0, 0.1) is 0 Å². The van der Waals surface area contributed by atoms with Gasteiger partial charge in [-0.05, 0) is 18.6 Å². The predicted molar refractivity (Wildman–Crippen MR) is 67.3 cm³/mol. The first-order valence-electron chi connectivity index (χ1n) is 6.10. The maximum atomic E-state index is 11.9. The third-order valence-corrected chi connectivity index (χ3v) is 3.39. The van der Waals surface area contributed by atoms with E-state index in [0.29, 0.717) is 17.8 Å². The summed E-state index contributed by atoms with van der Waals surface area (Å²) in [4.78, 5) is 38.0. The topological polar surface area (TPSA) is 101 Å². The van der Waals surface area contributed by atoms with Gasteiger partial charge in [-0.3, -0.25) is 14.9 Å². The minimum Gasteiger partial charge on any atom is -0.478 e. The molecule has 1 unspecified atom stereocenters. The van der Waals surface area contributed by atoms with Crippen molar-refractivity contribution in [2.75, 3.05) is 0 Å². The van der Waals surface area contributed by atoms with Crippen molar-refractivity contribution in [1.82, 2.24) is 14.7 Å². The van der Waals surface area contributed by atoms with E-state index in [1.807, 2.05) is 0 Å². The Morgan fingerprint density at radius 1 is 1.45 bits per heavy atom. The number of imide groups is 1. The van der Waals surface area contributed by atoms with E-state index in [1.54, 1.807) is 16.8 Å². The fourth-order valence-corrected chi connectivity index (χ4v) is 2.37. The van der Waals surface area contributed by atoms with Gasteiger partial charge in [0.25, 0.3) is 0 Å². The average molecular weight is 273 g/mol. The molecule has 1 fully saturated rings. The maximum absolute atomic E-state index is 11.9. The summed E-state index contributed by atoms with van der Waals surface area (Å²) in [6.45, 7) is 0. The van der Waals surface area contributed by atoms with Crippen molar-refractivity contribution in [3.8, 4) is 0 Å². The molecule has 0 saturated carbocycles. The largest absolute Gasteiger partial charge is 0.478 e. The molecule has 2 amide bonds. The molecule has 0 aliphatic carbocycles. The number of carboxylic acids is 1. The Balaban J connectivity index is 2.02. The Labute approximate surface area is 113 Å². The molecule has 1 atom stereocenters. The molecular weight excluding hydrogens is 262 g/mol. The van der Waals surface area contributed by atoms with Gasteiger partial charge < -0.3 is 9.51 Å². The average Bonchev–Trinajstić information content (AvgIpc) is 2.81. The molecule has 0 aromatic carbocycles. The Kier molecular flexibility index (Phi) is 2.74. The molecule has 1 saturated heterocycles. The molecule has 7 heteroatoms. The monoisotopic (exact) mass is 273 g/mol. The van der Waals surface area contributed by atoms with Crippen LogP contribution < -0.4 is 5.32 Å². The van der Waals surface area contributed by atoms with Crippen molar-refractivity contribution >= 4 is 23.4 Å². The molecule has 1 aliphatic rings. The fraction of sp³-hybridized carbons (Fsp3) is 0.231. The lowest BCUT2D eigenvalue weighted by Gasteiger charge is -2.20. The number of amides is 2. The lowest BCUT2D eigenvalue weighted by atomic mass is 9.95. The second kappa shape index (κ2) is 4.44. The zero-order valence-corrected chi connectivity index (χ0v) is 10.4. The minimum atomic E-state index is -1.03. The molecule has 2 aromatic rings. The molecule has 7 nitrogen and oxygen atoms in total. The summed E-state index contributed by atoms with van der Waals surface area (Å²) in [6, 6.07) is 2.89. The molecule has 3 rings (SSSR count). The summed E-state index contributed by atoms with van der Waals surface area (Å²) in [5, 5.41) is 11.2. The number of hydrogen-bond acceptors (Lipinski definition) is 4. The van der Waals surface area contributed by atoms with Crippen molar-refractivity contribution in [2.45, 2.75) is 18.8 Å². The molecule has 0 bridgehead atoms. The number of hydrogen-bond donors (Lipinski definition) is 2. The summed E-state index contributed by atoms with van der Waals surface area (Å²) in [5.41, 5.74) is 1.25. The number of carbonyl (C=O) groups is 3. The SMILES string of the molecule is O=C1CCC(c2cnc3cc(C(=O)O)ccn23)C(=O)N1. The molecule has 0 spiro atoms. The number of fused-ring (bicyclic) bond motifs is 1. The number of nitrogens with one attached hydrogen (secondary N) is 1. The highest BCUT2D eigenvalue weighted by Gasteiger charge is 2.30. The van der Waals surface area contributed by atoms with Gasteiger partial charge in [-0.25, -0.2) is 9.78 Å². The predicted octanol–water partition coefficient (Wildman–Crippen LogP) is 0.553. The third-order valence-electron chi connectivity index (χ3n) is 3.39. The summed E-state index contributed by atoms with van der Waals surface area (Å²) in [7, 11) is 0. The van der Waals surface area contributed by atoms with Crippen LogP contribution in [0.2, 0.25) is 0 Å². The van der Waals surface area contributed by atoms with Gasteiger partial charge in [0.1, 0.15) is 5.65 Å². The van der Waals surface area contributed by atoms with E-state index in [9.17, 15) is 14.4 Å². The molecule has 102 valence electrons. The van der Waals surface area contributed by atoms with Crippen LogP contribution in [0.1, 0.15) is 34.8 Å². The summed E-state index contributed by atoms with van der Waals surface area (Å²) >= 11 is 0. The van der Waals surface area contributed by atoms with Gasteiger partial charge in [-0.1, -0.05) is 0 Å². The number of piperidine rings is 1. The highest BCUT2D eigenvalue weighted by molar-refractivity contribution is 6.00. The van der Waals surface area contributed by atoms with Crippen molar-refractivity contribution in [2.24, 2.45) is 0 Å². The third kappa shape index (κ3) is 1.93. The van der Waals surface area contributed by atoms with Gasteiger partial charge >= 0.3 is 5.97 Å². The van der Waals surface area contributed by atoms with Gasteiger partial charge in [0, 0.05) is 18.8 Å². The second-order valence-electron chi connectivity index (χ2n) is 4.64. The lowest BCUT2D eigenvalue weighted by Crippen LogP contribution is -2.39. The Morgan fingerprint density at radius 3 is 2.95 bits per heavy atom. The first-order valence-corrected chi connectivity index (χ1v) is 6.10. The van der Waals surface area contributed by atoms with Crippen molar-refractivity contribution < 1.29 is 19.5 Å². The summed E-state index contributed by atoms with van der Waals surface area (Å²) in [6.07, 6.45) is 3.84. The van der Waals surface area contributed by atoms with Gasteiger partial charge in [0.15, 0.2) is 0 Å². The molecule has 3 heterocycles. The van der Waals surface area contributed by atoms with Gasteiger partial charge in [-0.2, -0.15) is 0 Å². The van der Waals surface area contributed by atoms with Gasteiger partial charge in [0.2, 0.25) is 11.8 Å². The van der Waals surface area contributed by atoms with E-state index in [0.717, 1.165) is 0 Å². The van der Waals surface area contributed by atoms with Crippen LogP contribution in [0.15, 0.2) is 24.5 Å². The minimum absolute atomic E-state index is 0.137. The van der Waals surface area contributed by atoms with E-state index in [-0.39, 0.29) is 23.8 Å². The zero-order chi connectivity index (χ0) is 14.3. The van der Waals surface area contributed by atoms with Gasteiger partial charge in [-0.15, -0.1) is 0 Å². The number of nitrogens with zero attached hydrogens (tertiary/aromatic N) is 2. The first kappa shape index (κ1) is 12.3. The van der Waals surface area contributed by atoms with E-state index in [1.165, 1.54) is 12.1 Å². The standard InChI is InChI=1S/C13H11N3O4/c17-11-2-1-8(12(18)15-11)9-6-14-10-5-7(13(19)20)3-4-16(9)10/h3-6,8H,1-2H2,(H,19,20)(H,15,17,18). The molecule has 0 radical (unpaired) electrons. The molecular formula is C13H11N3O4. The number of rotatable bonds is 2. The quantitative estimate of drug-likeness (QED) is 0.778. The van der Waals surface area contributed by atoms with E-state index >= 15 is 0 Å². The lowest BCUT2D eigenvalue weighted by molar-refractivity contribution is -0.134. The van der Waals surface area contributed by atoms with Crippen LogP contribution in [0.25, 0.3) is 5.65 Å². The van der Waals surface area contributed by atoms with E-state index in [4.69, 9.17) is 5.11 Å². The van der Waals surface area contributed by atoms with Crippen molar-refractivity contribution in [3.63, 3.8) is 0 Å². The van der Waals surface area contributed by atoms with Crippen LogP contribution in [0.3, 0.4) is 0 Å². The fourth-order valence-electron chi connectivity index (χ4n) is 2.37. The second-order valence-corrected chi connectivity index (χ2v) is 4.64. The number of aromatic carboxylic acids is 1. The highest BCUT2D eigenvalue weighted by atomic mass is 16.4. The number of pyridine rings is 1. The highest BCUT2D eigenvalue weighted by Crippen LogP contribution is 2.25. The van der Waals surface area contributed by atoms with Crippen molar-refractivity contribution in [1.29, 1.82) is 0 Å². The normalized spacial score (nSPS) is 19.1. The number of carboxylic acid groups (broad SMARTS) is 1. The molecule has 2 N–H and O–H groups in total. The molecule has 20 heavy (non-hydrogen) atoms. The van der Waals surface area contributed by atoms with Crippen LogP contribution in [-0.4, -0.2) is 32.3 Å². The van der Waals surface area contributed by atoms with Crippen LogP contribution in [0.5, 0.6) is 0 Å². The number of imidazole rings is 1. The maximum Gasteiger partial charge on any atom is 0.335 e. The summed E-state index contributed by atoms with van der Waals surface area (Å²) < 4.78 is 1.67. The Bertz CT molecular complexity index is 734. The molecule has 2 aromatic heterocycles. The Morgan fingerprint density at radius 2 is 2.25 bits per heavy atom. The van der Waals surface area contributed by atoms with E-state index < -0.39 is 11.9 Å². The van der Waals surface area contributed by atoms with Gasteiger partial charge in [0.05, 0.1) is 17.2 Å². The first-order chi connectivity index (χ1) is 9.56. The zero-order valence-electron chi connectivity index (χ0n) is 10.4. The number of aromatic nitrogens is 2. The summed E-state index contributed by atoms with van der Waals surface area (Å²) in [5.74, 6) is -2.09. The van der Waals surface area contributed by atoms with Crippen LogP contribution >= 0.6 is 0 Å². The molecule has 1 aliphatic heterocycles. The van der Waals surface area contributed by atoms with Crippen molar-refractivity contribution in [3.05, 3.63) is 35.8 Å². The smallest absolute Gasteiger partial charge is 0.335 e.